The molecule has 1 aromatic heterocycles. The van der Waals surface area contributed by atoms with Crippen LogP contribution in [0.2, 0.25) is 0 Å². The van der Waals surface area contributed by atoms with E-state index in [2.05, 4.69) is 32.0 Å². The Balaban J connectivity index is 1.45. The number of aliphatic hydroxyl groups is 1. The lowest BCUT2D eigenvalue weighted by Crippen LogP contribution is -2.57. The number of rotatable bonds is 4. The zero-order chi connectivity index (χ0) is 20.4. The molecule has 0 radical (unpaired) electrons. The maximum Gasteiger partial charge on any atom is 0.233 e. The minimum absolute atomic E-state index is 0.171. The van der Waals surface area contributed by atoms with E-state index in [1.807, 2.05) is 11.1 Å². The van der Waals surface area contributed by atoms with E-state index in [4.69, 9.17) is 11.0 Å². The monoisotopic (exact) mass is 400 g/mol. The number of anilines is 2. The van der Waals surface area contributed by atoms with Crippen LogP contribution >= 0.6 is 0 Å². The number of piperidine rings is 1. The van der Waals surface area contributed by atoms with Gasteiger partial charge in [0.25, 0.3) is 0 Å². The summed E-state index contributed by atoms with van der Waals surface area (Å²) in [6, 6.07) is 4.09. The zero-order valence-electron chi connectivity index (χ0n) is 16.3. The number of nitriles is 1. The van der Waals surface area contributed by atoms with Crippen LogP contribution in [0.15, 0.2) is 18.5 Å². The third kappa shape index (κ3) is 4.19. The Labute approximate surface area is 170 Å². The number of carbonyl (C=O) groups is 1. The van der Waals surface area contributed by atoms with Crippen molar-refractivity contribution in [3.63, 3.8) is 0 Å². The van der Waals surface area contributed by atoms with Gasteiger partial charge in [0.05, 0.1) is 48.0 Å². The molecule has 156 valence electrons. The number of hydrogen-bond acceptors (Lipinski definition) is 9. The van der Waals surface area contributed by atoms with Crippen LogP contribution in [-0.2, 0) is 4.79 Å². The van der Waals surface area contributed by atoms with Crippen molar-refractivity contribution in [2.24, 2.45) is 17.6 Å². The third-order valence-electron chi connectivity index (χ3n) is 5.99. The number of nitrogens with two attached hydrogens (primary N) is 1. The quantitative estimate of drug-likeness (QED) is 0.437. The summed E-state index contributed by atoms with van der Waals surface area (Å²) in [5.41, 5.74) is 11.0. The van der Waals surface area contributed by atoms with Crippen molar-refractivity contribution in [2.75, 3.05) is 36.4 Å². The number of fused-ring (bicyclic) bond motifs is 1. The van der Waals surface area contributed by atoms with Gasteiger partial charge in [0.1, 0.15) is 0 Å². The minimum atomic E-state index is -0.515. The minimum Gasteiger partial charge on any atom is -0.393 e. The molecule has 10 nitrogen and oxygen atoms in total. The van der Waals surface area contributed by atoms with Gasteiger partial charge in [-0.1, -0.05) is 0 Å². The third-order valence-corrected chi connectivity index (χ3v) is 5.99. The van der Waals surface area contributed by atoms with Crippen molar-refractivity contribution in [3.05, 3.63) is 18.5 Å². The SMILES string of the molecule is N#CCC1CNC2C(C(=O)Nc3cnccc3N3CCC(O)CC3)C(N)NN2C1. The molecule has 10 heteroatoms. The van der Waals surface area contributed by atoms with Gasteiger partial charge in [-0.15, -0.1) is 0 Å². The van der Waals surface area contributed by atoms with E-state index in [0.29, 0.717) is 38.0 Å². The molecule has 3 aliphatic heterocycles. The zero-order valence-corrected chi connectivity index (χ0v) is 16.3. The van der Waals surface area contributed by atoms with Crippen molar-refractivity contribution in [1.82, 2.24) is 20.7 Å². The molecule has 0 aromatic carbocycles. The lowest BCUT2D eigenvalue weighted by Gasteiger charge is -2.36. The number of amides is 1. The molecule has 4 atom stereocenters. The normalized spacial score (nSPS) is 30.6. The number of hydrogen-bond donors (Lipinski definition) is 5. The first-order valence-electron chi connectivity index (χ1n) is 10.1. The lowest BCUT2D eigenvalue weighted by molar-refractivity contribution is -0.121. The molecule has 3 fully saturated rings. The Bertz CT molecular complexity index is 776. The standard InChI is InChI=1S/C19H28N8O2/c20-5-1-12-9-23-18-16(17(21)25-27(18)11-12)19(29)24-14-10-22-6-2-15(14)26-7-3-13(28)4-8-26/h2,6,10,12-13,16-18,23,25,28H,1,3-4,7-9,11,21H2,(H,24,29). The molecular weight excluding hydrogens is 372 g/mol. The predicted octanol–water partition coefficient (Wildman–Crippen LogP) is -0.838. The van der Waals surface area contributed by atoms with Crippen molar-refractivity contribution < 1.29 is 9.90 Å². The molecule has 4 heterocycles. The van der Waals surface area contributed by atoms with E-state index in [0.717, 1.165) is 18.8 Å². The fourth-order valence-corrected chi connectivity index (χ4v) is 4.43. The van der Waals surface area contributed by atoms with Crippen molar-refractivity contribution in [2.45, 2.75) is 37.7 Å². The van der Waals surface area contributed by atoms with E-state index in [-0.39, 0.29) is 24.1 Å². The molecule has 3 saturated heterocycles. The summed E-state index contributed by atoms with van der Waals surface area (Å²) in [6.45, 7) is 2.83. The Morgan fingerprint density at radius 1 is 1.45 bits per heavy atom. The highest BCUT2D eigenvalue weighted by atomic mass is 16.3. The number of pyridine rings is 1. The summed E-state index contributed by atoms with van der Waals surface area (Å²) >= 11 is 0. The summed E-state index contributed by atoms with van der Waals surface area (Å²) in [5.74, 6) is -0.443. The van der Waals surface area contributed by atoms with E-state index in [1.165, 1.54) is 0 Å². The van der Waals surface area contributed by atoms with E-state index in [1.54, 1.807) is 12.4 Å². The second-order valence-corrected chi connectivity index (χ2v) is 8.01. The highest BCUT2D eigenvalue weighted by molar-refractivity contribution is 5.96. The molecule has 0 saturated carbocycles. The van der Waals surface area contributed by atoms with Gasteiger partial charge in [-0.05, 0) is 24.8 Å². The van der Waals surface area contributed by atoms with Gasteiger partial charge in [-0.2, -0.15) is 5.26 Å². The first-order chi connectivity index (χ1) is 14.1. The average molecular weight is 400 g/mol. The van der Waals surface area contributed by atoms with Crippen molar-refractivity contribution >= 4 is 17.3 Å². The molecule has 4 rings (SSSR count). The van der Waals surface area contributed by atoms with Crippen LogP contribution in [0.1, 0.15) is 19.3 Å². The van der Waals surface area contributed by atoms with Crippen molar-refractivity contribution in [1.29, 1.82) is 5.26 Å². The van der Waals surface area contributed by atoms with Crippen molar-refractivity contribution in [3.8, 4) is 6.07 Å². The number of aromatic nitrogens is 1. The smallest absolute Gasteiger partial charge is 0.233 e. The Kier molecular flexibility index (Phi) is 5.94. The molecule has 1 amide bonds. The second-order valence-electron chi connectivity index (χ2n) is 8.01. The fourth-order valence-electron chi connectivity index (χ4n) is 4.43. The van der Waals surface area contributed by atoms with Gasteiger partial charge < -0.3 is 21.1 Å². The molecule has 1 aromatic rings. The van der Waals surface area contributed by atoms with Crippen LogP contribution in [-0.4, -0.2) is 65.6 Å². The maximum absolute atomic E-state index is 13.1. The summed E-state index contributed by atoms with van der Waals surface area (Å²) in [6.07, 6.45) is 4.24. The number of nitrogens with one attached hydrogen (secondary N) is 3. The number of aliphatic hydroxyl groups excluding tert-OH is 1. The summed E-state index contributed by atoms with van der Waals surface area (Å²) in [4.78, 5) is 19.5. The molecule has 0 spiro atoms. The maximum atomic E-state index is 13.1. The lowest BCUT2D eigenvalue weighted by atomic mass is 9.98. The summed E-state index contributed by atoms with van der Waals surface area (Å²) in [7, 11) is 0. The molecular formula is C19H28N8O2. The van der Waals surface area contributed by atoms with Crippen LogP contribution in [0.3, 0.4) is 0 Å². The van der Waals surface area contributed by atoms with Gasteiger partial charge in [0, 0.05) is 38.8 Å². The topological polar surface area (TPSA) is 143 Å². The van der Waals surface area contributed by atoms with Gasteiger partial charge in [0.15, 0.2) is 0 Å². The van der Waals surface area contributed by atoms with Crippen LogP contribution in [0.4, 0.5) is 11.4 Å². The highest BCUT2D eigenvalue weighted by Gasteiger charge is 2.46. The molecule has 29 heavy (non-hydrogen) atoms. The van der Waals surface area contributed by atoms with Gasteiger partial charge in [-0.3, -0.25) is 15.1 Å². The van der Waals surface area contributed by atoms with E-state index in [9.17, 15) is 9.90 Å². The fraction of sp³-hybridized carbons (Fsp3) is 0.632. The van der Waals surface area contributed by atoms with Gasteiger partial charge in [-0.25, -0.2) is 10.4 Å². The Hall–Kier alpha value is -2.29. The van der Waals surface area contributed by atoms with Crippen LogP contribution in [0.25, 0.3) is 0 Å². The van der Waals surface area contributed by atoms with Gasteiger partial charge in [0.2, 0.25) is 5.91 Å². The van der Waals surface area contributed by atoms with Crippen LogP contribution in [0.5, 0.6) is 0 Å². The number of nitrogens with zero attached hydrogens (tertiary/aromatic N) is 4. The first kappa shape index (κ1) is 20.0. The molecule has 4 unspecified atom stereocenters. The van der Waals surface area contributed by atoms with E-state index >= 15 is 0 Å². The predicted molar refractivity (Wildman–Crippen MR) is 107 cm³/mol. The average Bonchev–Trinajstić information content (AvgIpc) is 3.04. The first-order valence-corrected chi connectivity index (χ1v) is 10.1. The highest BCUT2D eigenvalue weighted by Crippen LogP contribution is 2.30. The Morgan fingerprint density at radius 3 is 3.00 bits per heavy atom. The van der Waals surface area contributed by atoms with Crippen LogP contribution < -0.4 is 26.7 Å². The molecule has 0 bridgehead atoms. The molecule has 6 N–H and O–H groups in total. The largest absolute Gasteiger partial charge is 0.393 e. The van der Waals surface area contributed by atoms with E-state index < -0.39 is 12.1 Å². The second kappa shape index (κ2) is 8.61. The van der Waals surface area contributed by atoms with Crippen LogP contribution in [0, 0.1) is 23.2 Å². The summed E-state index contributed by atoms with van der Waals surface area (Å²) < 4.78 is 0. The van der Waals surface area contributed by atoms with Gasteiger partial charge >= 0.3 is 0 Å². The number of carbonyl (C=O) groups excluding carboxylic acids is 1. The summed E-state index contributed by atoms with van der Waals surface area (Å²) in [5, 5.41) is 27.0. The Morgan fingerprint density at radius 2 is 2.24 bits per heavy atom. The number of hydrazine groups is 1. The molecule has 3 aliphatic rings. The molecule has 0 aliphatic carbocycles.